The third kappa shape index (κ3) is 2.37. The van der Waals surface area contributed by atoms with Crippen LogP contribution in [0.25, 0.3) is 6.08 Å². The summed E-state index contributed by atoms with van der Waals surface area (Å²) in [6.07, 6.45) is 2.13. The Labute approximate surface area is 135 Å². The lowest BCUT2D eigenvalue weighted by Crippen LogP contribution is -1.95. The van der Waals surface area contributed by atoms with Gasteiger partial charge in [-0.3, -0.25) is 4.79 Å². The van der Waals surface area contributed by atoms with Gasteiger partial charge in [0, 0.05) is 27.6 Å². The van der Waals surface area contributed by atoms with E-state index < -0.39 is 0 Å². The molecular formula is C17H13BrO4. The minimum absolute atomic E-state index is 0.0233. The van der Waals surface area contributed by atoms with Crippen molar-refractivity contribution in [1.29, 1.82) is 0 Å². The first kappa shape index (κ1) is 14.7. The number of Topliss-reactive ketones (excluding diaryl/α,β-unsaturated/α-hetero) is 1. The lowest BCUT2D eigenvalue weighted by atomic mass is 10.1. The summed E-state index contributed by atoms with van der Waals surface area (Å²) in [7, 11) is 1.47. The van der Waals surface area contributed by atoms with Gasteiger partial charge in [0.15, 0.2) is 17.3 Å². The van der Waals surface area contributed by atoms with E-state index in [-0.39, 0.29) is 17.3 Å². The zero-order chi connectivity index (χ0) is 15.9. The van der Waals surface area contributed by atoms with E-state index in [2.05, 4.69) is 15.9 Å². The number of ether oxygens (including phenoxy) is 1. The number of hydrogen-bond donors (Lipinski definition) is 2. The highest BCUT2D eigenvalue weighted by atomic mass is 79.9. The number of carbonyl (C=O) groups excluding carboxylic acids is 1. The summed E-state index contributed by atoms with van der Waals surface area (Å²) in [6, 6.07) is 8.13. The van der Waals surface area contributed by atoms with Crippen LogP contribution in [0, 0.1) is 0 Å². The number of methoxy groups -OCH3 is 1. The fourth-order valence-corrected chi connectivity index (χ4v) is 3.00. The van der Waals surface area contributed by atoms with Crippen LogP contribution in [0.3, 0.4) is 0 Å². The smallest absolute Gasteiger partial charge is 0.189 e. The second-order valence-corrected chi connectivity index (χ2v) is 5.88. The molecule has 3 rings (SSSR count). The van der Waals surface area contributed by atoms with Gasteiger partial charge in [-0.1, -0.05) is 28.1 Å². The van der Waals surface area contributed by atoms with E-state index in [9.17, 15) is 15.0 Å². The van der Waals surface area contributed by atoms with Crippen LogP contribution in [0.5, 0.6) is 17.2 Å². The second kappa shape index (κ2) is 5.50. The first-order chi connectivity index (χ1) is 10.5. The summed E-state index contributed by atoms with van der Waals surface area (Å²) in [4.78, 5) is 12.4. The topological polar surface area (TPSA) is 66.8 Å². The molecule has 4 nitrogen and oxygen atoms in total. The fourth-order valence-electron chi connectivity index (χ4n) is 2.55. The van der Waals surface area contributed by atoms with Crippen LogP contribution in [0.1, 0.15) is 21.5 Å². The minimum atomic E-state index is -0.0927. The molecule has 0 amide bonds. The molecule has 0 aliphatic heterocycles. The molecule has 2 aromatic rings. The maximum absolute atomic E-state index is 12.4. The van der Waals surface area contributed by atoms with Crippen LogP contribution in [0.4, 0.5) is 0 Å². The molecule has 112 valence electrons. The maximum Gasteiger partial charge on any atom is 0.189 e. The SMILES string of the molecule is COc1cc(/C=C2/Cc3c(O)cccc3C2=O)c(Br)cc1O. The van der Waals surface area contributed by atoms with Gasteiger partial charge in [-0.25, -0.2) is 0 Å². The van der Waals surface area contributed by atoms with E-state index in [1.807, 2.05) is 0 Å². The first-order valence-electron chi connectivity index (χ1n) is 6.64. The van der Waals surface area contributed by atoms with Gasteiger partial charge in [0.1, 0.15) is 5.75 Å². The molecule has 0 fully saturated rings. The van der Waals surface area contributed by atoms with Gasteiger partial charge < -0.3 is 14.9 Å². The third-order valence-electron chi connectivity index (χ3n) is 3.68. The number of phenolic OH excluding ortho intramolecular Hbond substituents is 2. The molecule has 0 spiro atoms. The Morgan fingerprint density at radius 2 is 2.00 bits per heavy atom. The van der Waals surface area contributed by atoms with Crippen LogP contribution >= 0.6 is 15.9 Å². The van der Waals surface area contributed by atoms with E-state index in [0.29, 0.717) is 33.3 Å². The quantitative estimate of drug-likeness (QED) is 0.801. The Kier molecular flexibility index (Phi) is 3.66. The predicted molar refractivity (Wildman–Crippen MR) is 86.5 cm³/mol. The van der Waals surface area contributed by atoms with Gasteiger partial charge in [-0.05, 0) is 29.8 Å². The van der Waals surface area contributed by atoms with Crippen LogP contribution in [0.2, 0.25) is 0 Å². The van der Waals surface area contributed by atoms with E-state index in [1.54, 1.807) is 30.3 Å². The molecular weight excluding hydrogens is 348 g/mol. The molecule has 1 aliphatic carbocycles. The molecule has 0 unspecified atom stereocenters. The van der Waals surface area contributed by atoms with Crippen LogP contribution in [-0.2, 0) is 6.42 Å². The van der Waals surface area contributed by atoms with Gasteiger partial charge in [-0.15, -0.1) is 0 Å². The summed E-state index contributed by atoms with van der Waals surface area (Å²) < 4.78 is 5.75. The molecule has 2 aromatic carbocycles. The highest BCUT2D eigenvalue weighted by Crippen LogP contribution is 2.37. The Morgan fingerprint density at radius 1 is 1.23 bits per heavy atom. The molecule has 5 heteroatoms. The Morgan fingerprint density at radius 3 is 2.68 bits per heavy atom. The monoisotopic (exact) mass is 360 g/mol. The number of rotatable bonds is 2. The Bertz CT molecular complexity index is 809. The summed E-state index contributed by atoms with van der Waals surface area (Å²) >= 11 is 3.37. The molecule has 0 saturated heterocycles. The molecule has 0 saturated carbocycles. The summed E-state index contributed by atoms with van der Waals surface area (Å²) in [5.41, 5.74) is 2.50. The maximum atomic E-state index is 12.4. The molecule has 0 aromatic heterocycles. The molecule has 0 heterocycles. The molecule has 0 bridgehead atoms. The number of aromatic hydroxyl groups is 2. The van der Waals surface area contributed by atoms with Gasteiger partial charge in [0.25, 0.3) is 0 Å². The molecule has 2 N–H and O–H groups in total. The van der Waals surface area contributed by atoms with Gasteiger partial charge >= 0.3 is 0 Å². The van der Waals surface area contributed by atoms with Crippen molar-refractivity contribution in [3.8, 4) is 17.2 Å². The van der Waals surface area contributed by atoms with Crippen molar-refractivity contribution in [2.75, 3.05) is 7.11 Å². The van der Waals surface area contributed by atoms with Crippen molar-refractivity contribution in [3.05, 3.63) is 57.1 Å². The van der Waals surface area contributed by atoms with E-state index in [0.717, 1.165) is 5.56 Å². The first-order valence-corrected chi connectivity index (χ1v) is 7.43. The summed E-state index contributed by atoms with van der Waals surface area (Å²) in [5.74, 6) is 0.400. The Balaban J connectivity index is 2.05. The van der Waals surface area contributed by atoms with Crippen molar-refractivity contribution in [2.45, 2.75) is 6.42 Å². The normalized spacial score (nSPS) is 15.2. The van der Waals surface area contributed by atoms with E-state index >= 15 is 0 Å². The van der Waals surface area contributed by atoms with Crippen molar-refractivity contribution >= 4 is 27.8 Å². The van der Waals surface area contributed by atoms with Crippen LogP contribution < -0.4 is 4.74 Å². The van der Waals surface area contributed by atoms with Crippen LogP contribution in [-0.4, -0.2) is 23.1 Å². The summed E-state index contributed by atoms with van der Waals surface area (Å²) in [6.45, 7) is 0. The minimum Gasteiger partial charge on any atom is -0.508 e. The van der Waals surface area contributed by atoms with E-state index in [1.165, 1.54) is 13.2 Å². The fraction of sp³-hybridized carbons (Fsp3) is 0.118. The number of phenols is 2. The number of fused-ring (bicyclic) bond motifs is 1. The highest BCUT2D eigenvalue weighted by molar-refractivity contribution is 9.10. The highest BCUT2D eigenvalue weighted by Gasteiger charge is 2.27. The lowest BCUT2D eigenvalue weighted by molar-refractivity contribution is 0.104. The number of benzene rings is 2. The predicted octanol–water partition coefficient (Wildman–Crippen LogP) is 3.69. The average molecular weight is 361 g/mol. The zero-order valence-corrected chi connectivity index (χ0v) is 13.3. The number of allylic oxidation sites excluding steroid dienone is 1. The molecule has 22 heavy (non-hydrogen) atoms. The molecule has 1 aliphatic rings. The van der Waals surface area contributed by atoms with Gasteiger partial charge in [-0.2, -0.15) is 0 Å². The standard InChI is InChI=1S/C17H13BrO4/c1-22-16-7-9(13(18)8-15(16)20)5-10-6-12-11(17(10)21)3-2-4-14(12)19/h2-5,7-8,19-20H,6H2,1H3/b10-5-. The zero-order valence-electron chi connectivity index (χ0n) is 11.8. The third-order valence-corrected chi connectivity index (χ3v) is 4.37. The number of halogens is 1. The van der Waals surface area contributed by atoms with Gasteiger partial charge in [0.05, 0.1) is 7.11 Å². The van der Waals surface area contributed by atoms with Crippen molar-refractivity contribution in [1.82, 2.24) is 0 Å². The van der Waals surface area contributed by atoms with Crippen molar-refractivity contribution in [2.24, 2.45) is 0 Å². The second-order valence-electron chi connectivity index (χ2n) is 5.02. The number of hydrogen-bond acceptors (Lipinski definition) is 4. The Hall–Kier alpha value is -2.27. The van der Waals surface area contributed by atoms with Crippen molar-refractivity contribution in [3.63, 3.8) is 0 Å². The molecule has 0 radical (unpaired) electrons. The average Bonchev–Trinajstić information content (AvgIpc) is 2.80. The van der Waals surface area contributed by atoms with Crippen molar-refractivity contribution < 1.29 is 19.7 Å². The van der Waals surface area contributed by atoms with E-state index in [4.69, 9.17) is 4.74 Å². The van der Waals surface area contributed by atoms with Gasteiger partial charge in [0.2, 0.25) is 0 Å². The lowest BCUT2D eigenvalue weighted by Gasteiger charge is -2.07. The summed E-state index contributed by atoms with van der Waals surface area (Å²) in [5, 5.41) is 19.6. The van der Waals surface area contributed by atoms with Crippen LogP contribution in [0.15, 0.2) is 40.4 Å². The number of carbonyl (C=O) groups is 1. The largest absolute Gasteiger partial charge is 0.508 e. The number of ketones is 1. The molecule has 0 atom stereocenters.